The summed E-state index contributed by atoms with van der Waals surface area (Å²) in [5, 5.41) is 14.0. The highest BCUT2D eigenvalue weighted by molar-refractivity contribution is 7.81. The van der Waals surface area contributed by atoms with E-state index in [0.717, 1.165) is 12.0 Å². The molecule has 1 aromatic heterocycles. The van der Waals surface area contributed by atoms with Gasteiger partial charge in [0.05, 0.1) is 0 Å². The van der Waals surface area contributed by atoms with Crippen molar-refractivity contribution in [2.75, 3.05) is 6.54 Å². The number of rotatable bonds is 6. The number of nitrogens with zero attached hydrogens (tertiary/aromatic N) is 1. The maximum Gasteiger partial charge on any atom is 0.287 e. The molecule has 1 atom stereocenters. The Morgan fingerprint density at radius 1 is 1.12 bits per heavy atom. The van der Waals surface area contributed by atoms with Crippen LogP contribution >= 0.6 is 12.2 Å². The largest absolute Gasteiger partial charge is 0.502 e. The predicted octanol–water partition coefficient (Wildman–Crippen LogP) is 4.31. The van der Waals surface area contributed by atoms with Crippen LogP contribution in [0.15, 0.2) is 54.9 Å². The quantitative estimate of drug-likeness (QED) is 0.356. The number of pyridine rings is 1. The van der Waals surface area contributed by atoms with E-state index in [4.69, 9.17) is 12.2 Å². The summed E-state index contributed by atoms with van der Waals surface area (Å²) in [5.41, 5.74) is 2.62. The molecule has 0 saturated heterocycles. The van der Waals surface area contributed by atoms with Crippen LogP contribution in [-0.4, -0.2) is 16.6 Å². The molecule has 1 aromatic carbocycles. The Labute approximate surface area is 149 Å². The molecule has 4 heteroatoms. The maximum absolute atomic E-state index is 10.8. The molecule has 0 radical (unpaired) electrons. The lowest BCUT2D eigenvalue weighted by atomic mass is 9.97. The van der Waals surface area contributed by atoms with Gasteiger partial charge < -0.3 is 10.4 Å². The van der Waals surface area contributed by atoms with Gasteiger partial charge in [0, 0.05) is 24.2 Å². The van der Waals surface area contributed by atoms with E-state index in [2.05, 4.69) is 31.3 Å². The molecule has 0 saturated carbocycles. The summed E-state index contributed by atoms with van der Waals surface area (Å²) in [6.45, 7) is 7.07. The van der Waals surface area contributed by atoms with Crippen LogP contribution in [0.25, 0.3) is 11.5 Å². The lowest BCUT2D eigenvalue weighted by molar-refractivity contribution is -0.576. The van der Waals surface area contributed by atoms with Crippen LogP contribution in [0.5, 0.6) is 0 Å². The van der Waals surface area contributed by atoms with Crippen molar-refractivity contribution < 1.29 is 9.67 Å². The molecule has 0 bridgehead atoms. The first kappa shape index (κ1) is 18.1. The molecule has 24 heavy (non-hydrogen) atoms. The summed E-state index contributed by atoms with van der Waals surface area (Å²) in [6.07, 6.45) is 4.85. The fourth-order valence-corrected chi connectivity index (χ4v) is 2.83. The van der Waals surface area contributed by atoms with Gasteiger partial charge in [-0.3, -0.25) is 0 Å². The molecule has 2 rings (SSSR count). The van der Waals surface area contributed by atoms with Gasteiger partial charge in [-0.25, -0.2) is 0 Å². The number of aliphatic hydroxyl groups excluding tert-OH is 1. The maximum atomic E-state index is 10.8. The zero-order valence-electron chi connectivity index (χ0n) is 14.5. The van der Waals surface area contributed by atoms with Crippen molar-refractivity contribution in [3.63, 3.8) is 0 Å². The lowest BCUT2D eigenvalue weighted by Gasteiger charge is -2.11. The van der Waals surface area contributed by atoms with Gasteiger partial charge in [-0.15, -0.1) is 0 Å². The Bertz CT molecular complexity index is 708. The fraction of sp³-hybridized carbons (Fsp3) is 0.300. The highest BCUT2D eigenvalue weighted by Gasteiger charge is 2.22. The summed E-state index contributed by atoms with van der Waals surface area (Å²) >= 11 is 5.47. The van der Waals surface area contributed by atoms with Gasteiger partial charge in [-0.05, 0) is 24.8 Å². The van der Waals surface area contributed by atoms with Crippen LogP contribution < -0.4 is 9.88 Å². The SMILES string of the molecule is CCNC(=S)C(=C(O)c1ccc([C@H](C)CC)cc1)[n+]1ccccc1. The molecular weight excluding hydrogens is 316 g/mol. The van der Waals surface area contributed by atoms with Crippen molar-refractivity contribution >= 4 is 28.7 Å². The number of aliphatic hydroxyl groups is 1. The average molecular weight is 342 g/mol. The Morgan fingerprint density at radius 2 is 1.75 bits per heavy atom. The molecule has 0 unspecified atom stereocenters. The standard InChI is InChI=1S/C20H24N2OS/c1-4-15(3)16-9-11-17(12-10-16)19(23)18(20(24)21-5-2)22-13-7-6-8-14-22/h6-15H,4-5H2,1-3H3,(H-,21,23,24)/p+1/t15-/m1/s1. The minimum Gasteiger partial charge on any atom is -0.502 e. The van der Waals surface area contributed by atoms with Crippen molar-refractivity contribution in [3.8, 4) is 0 Å². The van der Waals surface area contributed by atoms with Gasteiger partial charge in [-0.1, -0.05) is 56.4 Å². The molecule has 0 amide bonds. The number of nitrogens with one attached hydrogen (secondary N) is 1. The van der Waals surface area contributed by atoms with Gasteiger partial charge in [0.2, 0.25) is 0 Å². The number of hydrogen-bond donors (Lipinski definition) is 2. The Hall–Kier alpha value is -2.20. The second-order valence-electron chi connectivity index (χ2n) is 5.77. The number of hydrogen-bond acceptors (Lipinski definition) is 2. The second-order valence-corrected chi connectivity index (χ2v) is 6.18. The molecular formula is C20H25N2OS+. The van der Waals surface area contributed by atoms with E-state index in [1.54, 1.807) is 0 Å². The Morgan fingerprint density at radius 3 is 2.29 bits per heavy atom. The van der Waals surface area contributed by atoms with E-state index in [9.17, 15) is 5.11 Å². The van der Waals surface area contributed by atoms with Gasteiger partial charge in [0.1, 0.15) is 0 Å². The highest BCUT2D eigenvalue weighted by Crippen LogP contribution is 2.22. The first-order valence-corrected chi connectivity index (χ1v) is 8.77. The average Bonchev–Trinajstić information content (AvgIpc) is 2.62. The van der Waals surface area contributed by atoms with Crippen LogP contribution in [0.2, 0.25) is 0 Å². The number of benzene rings is 1. The number of likely N-dealkylation sites (N-methyl/N-ethyl adjacent to an activating group) is 1. The summed E-state index contributed by atoms with van der Waals surface area (Å²) in [5.74, 6) is 0.684. The molecule has 3 nitrogen and oxygen atoms in total. The highest BCUT2D eigenvalue weighted by atomic mass is 32.1. The molecule has 126 valence electrons. The smallest absolute Gasteiger partial charge is 0.287 e. The summed E-state index contributed by atoms with van der Waals surface area (Å²) in [4.78, 5) is 0.525. The first-order chi connectivity index (χ1) is 11.6. The van der Waals surface area contributed by atoms with Gasteiger partial charge >= 0.3 is 0 Å². The lowest BCUT2D eigenvalue weighted by Crippen LogP contribution is -2.40. The summed E-state index contributed by atoms with van der Waals surface area (Å²) < 4.78 is 1.84. The van der Waals surface area contributed by atoms with Gasteiger partial charge in [0.15, 0.2) is 23.1 Å². The molecule has 0 fully saturated rings. The third kappa shape index (κ3) is 4.20. The zero-order valence-corrected chi connectivity index (χ0v) is 15.3. The normalized spacial score (nSPS) is 13.1. The summed E-state index contributed by atoms with van der Waals surface area (Å²) in [6, 6.07) is 13.8. The zero-order chi connectivity index (χ0) is 17.5. The minimum absolute atomic E-state index is 0.174. The van der Waals surface area contributed by atoms with E-state index >= 15 is 0 Å². The molecule has 0 aliphatic carbocycles. The molecule has 2 aromatic rings. The molecule has 2 N–H and O–H groups in total. The van der Waals surface area contributed by atoms with E-state index in [1.165, 1.54) is 5.56 Å². The topological polar surface area (TPSA) is 36.1 Å². The predicted molar refractivity (Wildman–Crippen MR) is 104 cm³/mol. The molecule has 0 aliphatic rings. The van der Waals surface area contributed by atoms with Crippen molar-refractivity contribution in [1.82, 2.24) is 5.32 Å². The van der Waals surface area contributed by atoms with E-state index in [1.807, 2.05) is 54.2 Å². The van der Waals surface area contributed by atoms with Crippen LogP contribution in [0.4, 0.5) is 0 Å². The molecule has 0 aliphatic heterocycles. The van der Waals surface area contributed by atoms with Crippen LogP contribution in [-0.2, 0) is 0 Å². The van der Waals surface area contributed by atoms with Crippen LogP contribution in [0.3, 0.4) is 0 Å². The monoisotopic (exact) mass is 341 g/mol. The minimum atomic E-state index is 0.174. The van der Waals surface area contributed by atoms with Crippen LogP contribution in [0.1, 0.15) is 44.2 Å². The van der Waals surface area contributed by atoms with E-state index in [0.29, 0.717) is 23.1 Å². The second kappa shape index (κ2) is 8.60. The van der Waals surface area contributed by atoms with Crippen LogP contribution in [0, 0.1) is 0 Å². The van der Waals surface area contributed by atoms with E-state index < -0.39 is 0 Å². The third-order valence-corrected chi connectivity index (χ3v) is 4.45. The molecule has 0 spiro atoms. The van der Waals surface area contributed by atoms with Crippen molar-refractivity contribution in [1.29, 1.82) is 0 Å². The van der Waals surface area contributed by atoms with Crippen molar-refractivity contribution in [2.45, 2.75) is 33.1 Å². The van der Waals surface area contributed by atoms with Crippen molar-refractivity contribution in [2.24, 2.45) is 0 Å². The summed E-state index contributed by atoms with van der Waals surface area (Å²) in [7, 11) is 0. The Kier molecular flexibility index (Phi) is 6.50. The van der Waals surface area contributed by atoms with Gasteiger partial charge in [0.25, 0.3) is 5.70 Å². The van der Waals surface area contributed by atoms with Crippen molar-refractivity contribution in [3.05, 3.63) is 66.0 Å². The molecule has 1 heterocycles. The van der Waals surface area contributed by atoms with Gasteiger partial charge in [-0.2, -0.15) is 4.57 Å². The Balaban J connectivity index is 2.47. The first-order valence-electron chi connectivity index (χ1n) is 8.36. The number of thiocarbonyl (C=S) groups is 1. The van der Waals surface area contributed by atoms with E-state index in [-0.39, 0.29) is 5.76 Å². The fourth-order valence-electron chi connectivity index (χ4n) is 2.48. The number of aromatic nitrogens is 1. The third-order valence-electron chi connectivity index (χ3n) is 4.12.